The first-order valence-corrected chi connectivity index (χ1v) is 10.4. The third kappa shape index (κ3) is 3.76. The molecule has 0 fully saturated rings. The summed E-state index contributed by atoms with van der Waals surface area (Å²) in [6.07, 6.45) is 0.330. The standard InChI is InChI=1S/C15H14ClNO3S3/c16-11-3-4-13-10(8-11)9-15(22-13)23(19,20)17-12(5-6-18)14-2-1-7-21-14/h1-4,7-9,12,17-18H,5-6H2. The van der Waals surface area contributed by atoms with Crippen LogP contribution >= 0.6 is 34.3 Å². The third-order valence-corrected chi connectivity index (χ3v) is 7.60. The first-order chi connectivity index (χ1) is 11.0. The molecular formula is C15H14ClNO3S3. The molecule has 23 heavy (non-hydrogen) atoms. The number of benzene rings is 1. The van der Waals surface area contributed by atoms with E-state index in [0.717, 1.165) is 15.0 Å². The van der Waals surface area contributed by atoms with Crippen LogP contribution in [-0.2, 0) is 10.0 Å². The average molecular weight is 388 g/mol. The summed E-state index contributed by atoms with van der Waals surface area (Å²) >= 11 is 8.61. The molecule has 2 heterocycles. The number of hydrogen-bond acceptors (Lipinski definition) is 5. The first kappa shape index (κ1) is 16.9. The summed E-state index contributed by atoms with van der Waals surface area (Å²) in [4.78, 5) is 0.881. The average Bonchev–Trinajstić information content (AvgIpc) is 3.15. The van der Waals surface area contributed by atoms with Crippen LogP contribution < -0.4 is 4.72 Å². The van der Waals surface area contributed by atoms with E-state index in [-0.39, 0.29) is 10.8 Å². The van der Waals surface area contributed by atoms with E-state index in [1.165, 1.54) is 22.7 Å². The lowest BCUT2D eigenvalue weighted by molar-refractivity contribution is 0.273. The quantitative estimate of drug-likeness (QED) is 0.671. The Labute approximate surface area is 147 Å². The van der Waals surface area contributed by atoms with E-state index in [4.69, 9.17) is 11.6 Å². The highest BCUT2D eigenvalue weighted by Crippen LogP contribution is 2.32. The van der Waals surface area contributed by atoms with Crippen molar-refractivity contribution in [3.63, 3.8) is 0 Å². The molecule has 0 bridgehead atoms. The second-order valence-corrected chi connectivity index (χ2v) is 9.39. The van der Waals surface area contributed by atoms with Crippen LogP contribution in [0.1, 0.15) is 17.3 Å². The van der Waals surface area contributed by atoms with Crippen LogP contribution in [0.25, 0.3) is 10.1 Å². The van der Waals surface area contributed by atoms with Crippen molar-refractivity contribution in [2.24, 2.45) is 0 Å². The van der Waals surface area contributed by atoms with Crippen molar-refractivity contribution in [1.82, 2.24) is 4.72 Å². The van der Waals surface area contributed by atoms with Crippen LogP contribution in [0.15, 0.2) is 46.0 Å². The number of hydrogen-bond donors (Lipinski definition) is 2. The molecule has 2 aromatic heterocycles. The van der Waals surface area contributed by atoms with Gasteiger partial charge in [0.25, 0.3) is 10.0 Å². The lowest BCUT2D eigenvalue weighted by atomic mass is 10.2. The van der Waals surface area contributed by atoms with Gasteiger partial charge in [-0.15, -0.1) is 22.7 Å². The lowest BCUT2D eigenvalue weighted by Crippen LogP contribution is -2.28. The zero-order valence-corrected chi connectivity index (χ0v) is 15.1. The van der Waals surface area contributed by atoms with Gasteiger partial charge in [-0.25, -0.2) is 13.1 Å². The minimum absolute atomic E-state index is 0.0902. The second kappa shape index (κ2) is 6.88. The van der Waals surface area contributed by atoms with Crippen LogP contribution in [-0.4, -0.2) is 20.1 Å². The summed E-state index contributed by atoms with van der Waals surface area (Å²) in [5.74, 6) is 0. The number of nitrogens with one attached hydrogen (secondary N) is 1. The maximum absolute atomic E-state index is 12.7. The Kier molecular flexibility index (Phi) is 5.05. The minimum Gasteiger partial charge on any atom is -0.396 e. The predicted octanol–water partition coefficient (Wildman–Crippen LogP) is 4.02. The van der Waals surface area contributed by atoms with E-state index in [2.05, 4.69) is 4.72 Å². The van der Waals surface area contributed by atoms with E-state index in [1.807, 2.05) is 23.6 Å². The van der Waals surface area contributed by atoms with Gasteiger partial charge >= 0.3 is 0 Å². The number of fused-ring (bicyclic) bond motifs is 1. The molecule has 122 valence electrons. The highest BCUT2D eigenvalue weighted by molar-refractivity contribution is 7.91. The number of aliphatic hydroxyl groups excluding tert-OH is 1. The fraction of sp³-hybridized carbons (Fsp3) is 0.200. The van der Waals surface area contributed by atoms with Crippen LogP contribution in [0.4, 0.5) is 0 Å². The molecule has 0 saturated carbocycles. The fourth-order valence-electron chi connectivity index (χ4n) is 2.25. The molecule has 3 aromatic rings. The molecule has 0 spiro atoms. The van der Waals surface area contributed by atoms with E-state index in [9.17, 15) is 13.5 Å². The molecular weight excluding hydrogens is 374 g/mol. The van der Waals surface area contributed by atoms with E-state index in [1.54, 1.807) is 18.2 Å². The van der Waals surface area contributed by atoms with Gasteiger partial charge in [0.2, 0.25) is 0 Å². The molecule has 0 aliphatic heterocycles. The number of halogens is 1. The van der Waals surface area contributed by atoms with E-state index in [0.29, 0.717) is 11.4 Å². The summed E-state index contributed by atoms with van der Waals surface area (Å²) in [5.41, 5.74) is 0. The Morgan fingerprint density at radius 2 is 2.09 bits per heavy atom. The summed E-state index contributed by atoms with van der Waals surface area (Å²) in [6, 6.07) is 10.2. The molecule has 0 saturated heterocycles. The van der Waals surface area contributed by atoms with Gasteiger partial charge in [-0.2, -0.15) is 0 Å². The van der Waals surface area contributed by atoms with Crippen molar-refractivity contribution >= 4 is 54.4 Å². The van der Waals surface area contributed by atoms with Gasteiger partial charge in [-0.05, 0) is 47.5 Å². The van der Waals surface area contributed by atoms with Crippen molar-refractivity contribution in [2.45, 2.75) is 16.7 Å². The molecule has 3 rings (SSSR count). The molecule has 0 aliphatic carbocycles. The molecule has 8 heteroatoms. The van der Waals surface area contributed by atoms with Gasteiger partial charge in [0.05, 0.1) is 6.04 Å². The van der Waals surface area contributed by atoms with Crippen LogP contribution in [0.5, 0.6) is 0 Å². The van der Waals surface area contributed by atoms with Gasteiger partial charge < -0.3 is 5.11 Å². The zero-order valence-electron chi connectivity index (χ0n) is 11.9. The highest BCUT2D eigenvalue weighted by atomic mass is 35.5. The monoisotopic (exact) mass is 387 g/mol. The van der Waals surface area contributed by atoms with Gasteiger partial charge in [0, 0.05) is 21.2 Å². The molecule has 0 radical (unpaired) electrons. The van der Waals surface area contributed by atoms with Crippen molar-refractivity contribution < 1.29 is 13.5 Å². The first-order valence-electron chi connectivity index (χ1n) is 6.85. The molecule has 1 atom stereocenters. The van der Waals surface area contributed by atoms with Crippen molar-refractivity contribution in [3.8, 4) is 0 Å². The maximum Gasteiger partial charge on any atom is 0.250 e. The van der Waals surface area contributed by atoms with Crippen LogP contribution in [0, 0.1) is 0 Å². The van der Waals surface area contributed by atoms with E-state index < -0.39 is 16.1 Å². The molecule has 1 unspecified atom stereocenters. The van der Waals surface area contributed by atoms with Crippen molar-refractivity contribution in [2.75, 3.05) is 6.61 Å². The normalized spacial score (nSPS) is 13.5. The summed E-state index contributed by atoms with van der Waals surface area (Å²) in [7, 11) is -3.66. The van der Waals surface area contributed by atoms with Crippen molar-refractivity contribution in [3.05, 3.63) is 51.7 Å². The van der Waals surface area contributed by atoms with Crippen LogP contribution in [0.3, 0.4) is 0 Å². The van der Waals surface area contributed by atoms with Gasteiger partial charge in [0.1, 0.15) is 4.21 Å². The predicted molar refractivity (Wildman–Crippen MR) is 95.9 cm³/mol. The second-order valence-electron chi connectivity index (χ2n) is 4.95. The molecule has 1 aromatic carbocycles. The SMILES string of the molecule is O=S(=O)(NC(CCO)c1cccs1)c1cc2cc(Cl)ccc2s1. The summed E-state index contributed by atoms with van der Waals surface area (Å²) in [6.45, 7) is -0.0902. The maximum atomic E-state index is 12.7. The Balaban J connectivity index is 1.92. The van der Waals surface area contributed by atoms with Gasteiger partial charge in [0.15, 0.2) is 0 Å². The largest absolute Gasteiger partial charge is 0.396 e. The molecule has 4 nitrogen and oxygen atoms in total. The van der Waals surface area contributed by atoms with Crippen molar-refractivity contribution in [1.29, 1.82) is 0 Å². The Morgan fingerprint density at radius 3 is 2.78 bits per heavy atom. The highest BCUT2D eigenvalue weighted by Gasteiger charge is 2.23. The minimum atomic E-state index is -3.66. The number of thiophene rings is 2. The number of rotatable bonds is 6. The van der Waals surface area contributed by atoms with E-state index >= 15 is 0 Å². The summed E-state index contributed by atoms with van der Waals surface area (Å²) in [5, 5.41) is 12.5. The van der Waals surface area contributed by atoms with Gasteiger partial charge in [-0.1, -0.05) is 17.7 Å². The number of aliphatic hydroxyl groups is 1. The molecule has 2 N–H and O–H groups in total. The smallest absolute Gasteiger partial charge is 0.250 e. The van der Waals surface area contributed by atoms with Gasteiger partial charge in [-0.3, -0.25) is 0 Å². The Morgan fingerprint density at radius 1 is 1.26 bits per heavy atom. The third-order valence-electron chi connectivity index (χ3n) is 3.32. The molecule has 0 amide bonds. The molecule has 0 aliphatic rings. The Bertz CT molecular complexity index is 903. The van der Waals surface area contributed by atoms with Crippen LogP contribution in [0.2, 0.25) is 5.02 Å². The summed E-state index contributed by atoms with van der Waals surface area (Å²) < 4.78 is 29.1. The zero-order chi connectivity index (χ0) is 16.4. The Hall–Kier alpha value is -0.960. The lowest BCUT2D eigenvalue weighted by Gasteiger charge is -2.15. The number of sulfonamides is 1. The topological polar surface area (TPSA) is 66.4 Å². The fourth-order valence-corrected chi connectivity index (χ4v) is 5.96.